The van der Waals surface area contributed by atoms with Gasteiger partial charge in [0.2, 0.25) is 5.91 Å². The van der Waals surface area contributed by atoms with E-state index < -0.39 is 15.9 Å². The summed E-state index contributed by atoms with van der Waals surface area (Å²) in [5, 5.41) is -0.0110. The number of hydrogen-bond acceptors (Lipinski definition) is 3. The number of carbonyl (C=O) groups is 1. The summed E-state index contributed by atoms with van der Waals surface area (Å²) >= 11 is 15.0. The Balaban J connectivity index is 2.58. The van der Waals surface area contributed by atoms with Crippen LogP contribution in [0.15, 0.2) is 21.5 Å². The molecule has 1 aromatic rings. The number of hydrogen-bond donors (Lipinski definition) is 0. The summed E-state index contributed by atoms with van der Waals surface area (Å²) in [5.41, 5.74) is 0. The fourth-order valence-corrected chi connectivity index (χ4v) is 5.12. The molecule has 18 heavy (non-hydrogen) atoms. The SMILES string of the molecule is O=C1CCCN1S(=O)(=O)c1c(Cl)cc(Br)cc1Cl. The molecule has 1 heterocycles. The molecular formula is C10H8BrCl2NO3S. The molecule has 1 aromatic carbocycles. The monoisotopic (exact) mass is 371 g/mol. The molecule has 1 saturated heterocycles. The summed E-state index contributed by atoms with van der Waals surface area (Å²) < 4.78 is 26.0. The van der Waals surface area contributed by atoms with Gasteiger partial charge in [-0.1, -0.05) is 39.1 Å². The van der Waals surface area contributed by atoms with Crippen LogP contribution in [0.4, 0.5) is 0 Å². The standard InChI is InChI=1S/C10H8BrCl2NO3S/c11-6-4-7(12)10(8(13)5-6)18(16,17)14-3-1-2-9(14)15/h4-5H,1-3H2. The van der Waals surface area contributed by atoms with Gasteiger partial charge in [-0.05, 0) is 18.6 Å². The average molecular weight is 373 g/mol. The predicted octanol–water partition coefficient (Wildman–Crippen LogP) is 3.07. The van der Waals surface area contributed by atoms with Gasteiger partial charge in [-0.15, -0.1) is 0 Å². The molecule has 2 rings (SSSR count). The number of benzene rings is 1. The highest BCUT2D eigenvalue weighted by Gasteiger charge is 2.35. The molecule has 0 unspecified atom stereocenters. The maximum atomic E-state index is 12.3. The average Bonchev–Trinajstić information content (AvgIpc) is 2.62. The normalized spacial score (nSPS) is 16.4. The lowest BCUT2D eigenvalue weighted by Gasteiger charge is -2.18. The molecule has 1 aliphatic rings. The third-order valence-electron chi connectivity index (χ3n) is 2.54. The van der Waals surface area contributed by atoms with Gasteiger partial charge in [0, 0.05) is 17.4 Å². The second-order valence-electron chi connectivity index (χ2n) is 3.77. The molecule has 98 valence electrons. The Bertz CT molecular complexity index is 595. The van der Waals surface area contributed by atoms with Crippen LogP contribution >= 0.6 is 39.1 Å². The Hall–Kier alpha value is -0.300. The van der Waals surface area contributed by atoms with Gasteiger partial charge in [0.1, 0.15) is 4.90 Å². The Morgan fingerprint density at radius 3 is 2.22 bits per heavy atom. The molecule has 0 aromatic heterocycles. The summed E-state index contributed by atoms with van der Waals surface area (Å²) in [6.07, 6.45) is 0.745. The van der Waals surface area contributed by atoms with E-state index in [2.05, 4.69) is 15.9 Å². The van der Waals surface area contributed by atoms with Gasteiger partial charge in [0.25, 0.3) is 10.0 Å². The van der Waals surface area contributed by atoms with Crippen LogP contribution in [0.25, 0.3) is 0 Å². The molecule has 8 heteroatoms. The lowest BCUT2D eigenvalue weighted by atomic mass is 10.4. The van der Waals surface area contributed by atoms with Crippen molar-refractivity contribution in [1.29, 1.82) is 0 Å². The van der Waals surface area contributed by atoms with Crippen molar-refractivity contribution in [2.24, 2.45) is 0 Å². The van der Waals surface area contributed by atoms with Crippen LogP contribution in [0.1, 0.15) is 12.8 Å². The second-order valence-corrected chi connectivity index (χ2v) is 7.30. The van der Waals surface area contributed by atoms with E-state index in [4.69, 9.17) is 23.2 Å². The quantitative estimate of drug-likeness (QED) is 0.801. The summed E-state index contributed by atoms with van der Waals surface area (Å²) in [4.78, 5) is 11.3. The van der Waals surface area contributed by atoms with Crippen LogP contribution in [-0.4, -0.2) is 25.2 Å². The van der Waals surface area contributed by atoms with Gasteiger partial charge < -0.3 is 0 Å². The minimum absolute atomic E-state index is 0.00549. The summed E-state index contributed by atoms with van der Waals surface area (Å²) in [6, 6.07) is 2.86. The van der Waals surface area contributed by atoms with Gasteiger partial charge in [-0.25, -0.2) is 12.7 Å². The molecule has 0 atom stereocenters. The lowest BCUT2D eigenvalue weighted by molar-refractivity contribution is -0.123. The highest BCUT2D eigenvalue weighted by Crippen LogP contribution is 2.35. The minimum atomic E-state index is -3.97. The Labute approximate surface area is 123 Å². The molecule has 0 spiro atoms. The first-order valence-electron chi connectivity index (χ1n) is 5.04. The van der Waals surface area contributed by atoms with E-state index in [-0.39, 0.29) is 27.9 Å². The maximum Gasteiger partial charge on any atom is 0.269 e. The van der Waals surface area contributed by atoms with Crippen LogP contribution in [0.5, 0.6) is 0 Å². The van der Waals surface area contributed by atoms with E-state index in [0.29, 0.717) is 10.9 Å². The third kappa shape index (κ3) is 2.39. The zero-order valence-electron chi connectivity index (χ0n) is 8.99. The summed E-state index contributed by atoms with van der Waals surface area (Å²) in [6.45, 7) is 0.171. The van der Waals surface area contributed by atoms with Gasteiger partial charge in [0.15, 0.2) is 0 Å². The van der Waals surface area contributed by atoms with Crippen LogP contribution < -0.4 is 0 Å². The zero-order valence-corrected chi connectivity index (χ0v) is 12.9. The highest BCUT2D eigenvalue weighted by atomic mass is 79.9. The largest absolute Gasteiger partial charge is 0.274 e. The van der Waals surface area contributed by atoms with Crippen molar-refractivity contribution >= 4 is 55.1 Å². The fraction of sp³-hybridized carbons (Fsp3) is 0.300. The molecule has 0 radical (unpaired) electrons. The molecule has 0 aliphatic carbocycles. The first-order valence-corrected chi connectivity index (χ1v) is 8.03. The molecular weight excluding hydrogens is 365 g/mol. The Morgan fingerprint density at radius 2 is 1.78 bits per heavy atom. The smallest absolute Gasteiger partial charge is 0.269 e. The number of rotatable bonds is 2. The number of amides is 1. The number of halogens is 3. The van der Waals surface area contributed by atoms with Crippen molar-refractivity contribution in [2.45, 2.75) is 17.7 Å². The van der Waals surface area contributed by atoms with Gasteiger partial charge in [-0.3, -0.25) is 4.79 Å². The topological polar surface area (TPSA) is 54.5 Å². The van der Waals surface area contributed by atoms with Crippen LogP contribution in [-0.2, 0) is 14.8 Å². The fourth-order valence-electron chi connectivity index (χ4n) is 1.76. The molecule has 1 amide bonds. The van der Waals surface area contributed by atoms with Crippen LogP contribution in [0.3, 0.4) is 0 Å². The number of sulfonamides is 1. The maximum absolute atomic E-state index is 12.3. The summed E-state index contributed by atoms with van der Waals surface area (Å²) in [7, 11) is -3.97. The Morgan fingerprint density at radius 1 is 1.22 bits per heavy atom. The highest BCUT2D eigenvalue weighted by molar-refractivity contribution is 9.10. The minimum Gasteiger partial charge on any atom is -0.274 e. The zero-order chi connectivity index (χ0) is 13.5. The van der Waals surface area contributed by atoms with Crippen molar-refractivity contribution in [3.8, 4) is 0 Å². The Kier molecular flexibility index (Phi) is 3.92. The number of nitrogens with zero attached hydrogens (tertiary/aromatic N) is 1. The molecule has 0 bridgehead atoms. The van der Waals surface area contributed by atoms with E-state index >= 15 is 0 Å². The molecule has 4 nitrogen and oxygen atoms in total. The van der Waals surface area contributed by atoms with Gasteiger partial charge in [-0.2, -0.15) is 0 Å². The molecule has 0 saturated carbocycles. The van der Waals surface area contributed by atoms with E-state index in [1.165, 1.54) is 12.1 Å². The van der Waals surface area contributed by atoms with E-state index in [9.17, 15) is 13.2 Å². The first-order chi connectivity index (χ1) is 8.34. The van der Waals surface area contributed by atoms with Gasteiger partial charge in [0.05, 0.1) is 10.0 Å². The molecule has 0 N–H and O–H groups in total. The van der Waals surface area contributed by atoms with Crippen LogP contribution in [0, 0.1) is 0 Å². The lowest BCUT2D eigenvalue weighted by Crippen LogP contribution is -2.32. The van der Waals surface area contributed by atoms with Crippen molar-refractivity contribution in [2.75, 3.05) is 6.54 Å². The third-order valence-corrected chi connectivity index (χ3v) is 5.74. The van der Waals surface area contributed by atoms with Crippen molar-refractivity contribution in [3.63, 3.8) is 0 Å². The van der Waals surface area contributed by atoms with Crippen LogP contribution in [0.2, 0.25) is 10.0 Å². The van der Waals surface area contributed by atoms with Crippen molar-refractivity contribution in [3.05, 3.63) is 26.7 Å². The number of carbonyl (C=O) groups excluding carboxylic acids is 1. The van der Waals surface area contributed by atoms with Crippen molar-refractivity contribution in [1.82, 2.24) is 4.31 Å². The second kappa shape index (κ2) is 5.00. The molecule has 1 aliphatic heterocycles. The van der Waals surface area contributed by atoms with E-state index in [1.807, 2.05) is 0 Å². The predicted molar refractivity (Wildman–Crippen MR) is 72.3 cm³/mol. The molecule has 1 fully saturated rings. The summed E-state index contributed by atoms with van der Waals surface area (Å²) in [5.74, 6) is -0.426. The van der Waals surface area contributed by atoms with Gasteiger partial charge >= 0.3 is 0 Å². The van der Waals surface area contributed by atoms with Crippen molar-refractivity contribution < 1.29 is 13.2 Å². The van der Waals surface area contributed by atoms with E-state index in [0.717, 1.165) is 4.31 Å². The first kappa shape index (κ1) is 14.1. The van der Waals surface area contributed by atoms with E-state index in [1.54, 1.807) is 0 Å².